The summed E-state index contributed by atoms with van der Waals surface area (Å²) < 4.78 is 1.99. The first kappa shape index (κ1) is 12.3. The van der Waals surface area contributed by atoms with Crippen molar-refractivity contribution < 1.29 is 0 Å². The Kier molecular flexibility index (Phi) is 2.80. The molecule has 6 heteroatoms. The first-order chi connectivity index (χ1) is 10.3. The number of aromatic nitrogens is 5. The van der Waals surface area contributed by atoms with Gasteiger partial charge in [0, 0.05) is 12.5 Å². The lowest BCUT2D eigenvalue weighted by molar-refractivity contribution is 0.440. The predicted octanol–water partition coefficient (Wildman–Crippen LogP) is 1.96. The summed E-state index contributed by atoms with van der Waals surface area (Å²) >= 11 is 0. The Morgan fingerprint density at radius 2 is 2.05 bits per heavy atom. The van der Waals surface area contributed by atoms with Crippen LogP contribution in [-0.2, 0) is 13.0 Å². The maximum absolute atomic E-state index is 4.61. The SMILES string of the molecule is Cc1nc2n(n1)CC(Nc1cnc3ccccc3n1)CC2. The molecule has 1 unspecified atom stereocenters. The van der Waals surface area contributed by atoms with Crippen molar-refractivity contribution in [3.63, 3.8) is 0 Å². The standard InChI is InChI=1S/C15H16N6/c1-10-17-15-7-6-11(9-21(15)20-10)18-14-8-16-12-4-2-3-5-13(12)19-14/h2-5,8,11H,6-7,9H2,1H3,(H,18,19). The number of anilines is 1. The molecular weight excluding hydrogens is 264 g/mol. The molecule has 6 nitrogen and oxygen atoms in total. The van der Waals surface area contributed by atoms with Crippen molar-refractivity contribution in [2.45, 2.75) is 32.4 Å². The molecular formula is C15H16N6. The third-order valence-electron chi connectivity index (χ3n) is 3.76. The summed E-state index contributed by atoms with van der Waals surface area (Å²) in [5, 5.41) is 7.88. The van der Waals surface area contributed by atoms with E-state index >= 15 is 0 Å². The van der Waals surface area contributed by atoms with Crippen LogP contribution in [0, 0.1) is 6.92 Å². The fraction of sp³-hybridized carbons (Fsp3) is 0.333. The van der Waals surface area contributed by atoms with E-state index in [1.807, 2.05) is 35.9 Å². The van der Waals surface area contributed by atoms with Gasteiger partial charge in [0.25, 0.3) is 0 Å². The van der Waals surface area contributed by atoms with Gasteiger partial charge in [-0.2, -0.15) is 5.10 Å². The molecule has 0 aliphatic carbocycles. The van der Waals surface area contributed by atoms with Gasteiger partial charge in [0.15, 0.2) is 0 Å². The predicted molar refractivity (Wildman–Crippen MR) is 80.0 cm³/mol. The lowest BCUT2D eigenvalue weighted by Crippen LogP contribution is -2.32. The van der Waals surface area contributed by atoms with E-state index in [9.17, 15) is 0 Å². The number of rotatable bonds is 2. The third-order valence-corrected chi connectivity index (χ3v) is 3.76. The second-order valence-corrected chi connectivity index (χ2v) is 5.38. The van der Waals surface area contributed by atoms with E-state index in [0.29, 0.717) is 6.04 Å². The second kappa shape index (κ2) is 4.80. The van der Waals surface area contributed by atoms with Crippen molar-refractivity contribution in [3.8, 4) is 0 Å². The Morgan fingerprint density at radius 1 is 1.19 bits per heavy atom. The van der Waals surface area contributed by atoms with Crippen LogP contribution in [0.3, 0.4) is 0 Å². The number of benzene rings is 1. The van der Waals surface area contributed by atoms with Gasteiger partial charge in [-0.05, 0) is 25.5 Å². The van der Waals surface area contributed by atoms with Crippen LogP contribution in [0.4, 0.5) is 5.82 Å². The molecule has 1 N–H and O–H groups in total. The first-order valence-corrected chi connectivity index (χ1v) is 7.16. The fourth-order valence-corrected chi connectivity index (χ4v) is 2.79. The number of nitrogens with one attached hydrogen (secondary N) is 1. The normalized spacial score (nSPS) is 17.7. The molecule has 2 aromatic heterocycles. The Hall–Kier alpha value is -2.50. The minimum Gasteiger partial charge on any atom is -0.364 e. The molecule has 1 aliphatic rings. The number of hydrogen-bond donors (Lipinski definition) is 1. The van der Waals surface area contributed by atoms with Crippen LogP contribution >= 0.6 is 0 Å². The maximum atomic E-state index is 4.61. The van der Waals surface area contributed by atoms with Crippen LogP contribution in [-0.4, -0.2) is 30.8 Å². The number of aryl methyl sites for hydroxylation is 2. The molecule has 1 aliphatic heterocycles. The zero-order chi connectivity index (χ0) is 14.2. The van der Waals surface area contributed by atoms with Crippen molar-refractivity contribution >= 4 is 16.9 Å². The highest BCUT2D eigenvalue weighted by atomic mass is 15.4. The molecule has 4 rings (SSSR count). The Morgan fingerprint density at radius 3 is 2.95 bits per heavy atom. The molecule has 3 heterocycles. The average Bonchev–Trinajstić information content (AvgIpc) is 2.86. The molecule has 0 fully saturated rings. The highest BCUT2D eigenvalue weighted by molar-refractivity contribution is 5.75. The van der Waals surface area contributed by atoms with Gasteiger partial charge in [-0.3, -0.25) is 4.98 Å². The summed E-state index contributed by atoms with van der Waals surface area (Å²) in [5.74, 6) is 2.74. The lowest BCUT2D eigenvalue weighted by Gasteiger charge is -2.23. The molecule has 0 radical (unpaired) electrons. The molecule has 3 aromatic rings. The summed E-state index contributed by atoms with van der Waals surface area (Å²) in [4.78, 5) is 13.5. The topological polar surface area (TPSA) is 68.5 Å². The molecule has 0 bridgehead atoms. The molecule has 0 saturated heterocycles. The molecule has 1 aromatic carbocycles. The van der Waals surface area contributed by atoms with Crippen LogP contribution in [0.5, 0.6) is 0 Å². The summed E-state index contributed by atoms with van der Waals surface area (Å²) in [6.45, 7) is 2.76. The molecule has 21 heavy (non-hydrogen) atoms. The summed E-state index contributed by atoms with van der Waals surface area (Å²) in [6, 6.07) is 8.21. The van der Waals surface area contributed by atoms with Crippen LogP contribution in [0.2, 0.25) is 0 Å². The zero-order valence-corrected chi connectivity index (χ0v) is 11.8. The van der Waals surface area contributed by atoms with Crippen molar-refractivity contribution in [3.05, 3.63) is 42.1 Å². The van der Waals surface area contributed by atoms with Crippen LogP contribution in [0.25, 0.3) is 11.0 Å². The monoisotopic (exact) mass is 280 g/mol. The lowest BCUT2D eigenvalue weighted by atomic mass is 10.1. The molecule has 1 atom stereocenters. The van der Waals surface area contributed by atoms with Gasteiger partial charge in [0.05, 0.1) is 23.8 Å². The van der Waals surface area contributed by atoms with E-state index in [0.717, 1.165) is 47.9 Å². The third kappa shape index (κ3) is 2.33. The number of nitrogens with zero attached hydrogens (tertiary/aromatic N) is 5. The van der Waals surface area contributed by atoms with E-state index < -0.39 is 0 Å². The van der Waals surface area contributed by atoms with Crippen molar-refractivity contribution in [1.82, 2.24) is 24.7 Å². The van der Waals surface area contributed by atoms with Crippen LogP contribution < -0.4 is 5.32 Å². The largest absolute Gasteiger partial charge is 0.364 e. The van der Waals surface area contributed by atoms with Gasteiger partial charge >= 0.3 is 0 Å². The van der Waals surface area contributed by atoms with Gasteiger partial charge < -0.3 is 5.32 Å². The summed E-state index contributed by atoms with van der Waals surface area (Å²) in [5.41, 5.74) is 1.83. The van der Waals surface area contributed by atoms with Gasteiger partial charge in [-0.25, -0.2) is 14.6 Å². The smallest absolute Gasteiger partial charge is 0.147 e. The number of hydrogen-bond acceptors (Lipinski definition) is 5. The van der Waals surface area contributed by atoms with E-state index in [-0.39, 0.29) is 0 Å². The summed E-state index contributed by atoms with van der Waals surface area (Å²) in [6.07, 6.45) is 3.77. The minimum atomic E-state index is 0.314. The minimum absolute atomic E-state index is 0.314. The van der Waals surface area contributed by atoms with E-state index in [4.69, 9.17) is 0 Å². The van der Waals surface area contributed by atoms with Crippen molar-refractivity contribution in [2.75, 3.05) is 5.32 Å². The van der Waals surface area contributed by atoms with Gasteiger partial charge in [-0.1, -0.05) is 12.1 Å². The quantitative estimate of drug-likeness (QED) is 0.777. The van der Waals surface area contributed by atoms with E-state index in [1.54, 1.807) is 6.20 Å². The van der Waals surface area contributed by atoms with Gasteiger partial charge in [0.1, 0.15) is 17.5 Å². The first-order valence-electron chi connectivity index (χ1n) is 7.16. The maximum Gasteiger partial charge on any atom is 0.147 e. The van der Waals surface area contributed by atoms with E-state index in [2.05, 4.69) is 25.4 Å². The molecule has 106 valence electrons. The summed E-state index contributed by atoms with van der Waals surface area (Å²) in [7, 11) is 0. The van der Waals surface area contributed by atoms with Gasteiger partial charge in [-0.15, -0.1) is 0 Å². The van der Waals surface area contributed by atoms with Crippen molar-refractivity contribution in [2.24, 2.45) is 0 Å². The Labute approximate surface area is 122 Å². The highest BCUT2D eigenvalue weighted by Crippen LogP contribution is 2.17. The highest BCUT2D eigenvalue weighted by Gasteiger charge is 2.21. The average molecular weight is 280 g/mol. The van der Waals surface area contributed by atoms with Crippen molar-refractivity contribution in [1.29, 1.82) is 0 Å². The second-order valence-electron chi connectivity index (χ2n) is 5.38. The molecule has 0 spiro atoms. The molecule has 0 saturated carbocycles. The number of para-hydroxylation sites is 2. The zero-order valence-electron chi connectivity index (χ0n) is 11.8. The van der Waals surface area contributed by atoms with E-state index in [1.165, 1.54) is 0 Å². The number of fused-ring (bicyclic) bond motifs is 2. The Balaban J connectivity index is 1.55. The van der Waals surface area contributed by atoms with Crippen LogP contribution in [0.15, 0.2) is 30.5 Å². The van der Waals surface area contributed by atoms with Gasteiger partial charge in [0.2, 0.25) is 0 Å². The fourth-order valence-electron chi connectivity index (χ4n) is 2.79. The van der Waals surface area contributed by atoms with Crippen LogP contribution in [0.1, 0.15) is 18.1 Å². The molecule has 0 amide bonds. The Bertz CT molecular complexity index is 794.